The Morgan fingerprint density at radius 3 is 2.48 bits per heavy atom. The molecule has 0 unspecified atom stereocenters. The average Bonchev–Trinajstić information content (AvgIpc) is 2.55. The van der Waals surface area contributed by atoms with Gasteiger partial charge in [-0.05, 0) is 18.7 Å². The predicted molar refractivity (Wildman–Crippen MR) is 86.2 cm³/mol. The van der Waals surface area contributed by atoms with Gasteiger partial charge in [0.05, 0.1) is 11.3 Å². The summed E-state index contributed by atoms with van der Waals surface area (Å²) in [6.07, 6.45) is 0. The zero-order chi connectivity index (χ0) is 16.9. The van der Waals surface area contributed by atoms with Crippen molar-refractivity contribution in [2.24, 2.45) is 0 Å². The number of hydrogen-bond donors (Lipinski definition) is 1. The van der Waals surface area contributed by atoms with Crippen LogP contribution >= 0.6 is 0 Å². The molecule has 0 aliphatic carbocycles. The van der Waals surface area contributed by atoms with Crippen molar-refractivity contribution < 1.29 is 17.6 Å². The molecule has 0 spiro atoms. The van der Waals surface area contributed by atoms with Crippen molar-refractivity contribution in [3.05, 3.63) is 35.6 Å². The Bertz CT molecular complexity index is 643. The number of nitrogens with one attached hydrogen (secondary N) is 1. The number of likely N-dealkylation sites (N-methyl/N-ethyl adjacent to an activating group) is 1. The molecule has 1 N–H and O–H groups in total. The van der Waals surface area contributed by atoms with Crippen LogP contribution in [0.4, 0.5) is 4.39 Å². The van der Waals surface area contributed by atoms with Crippen molar-refractivity contribution in [1.29, 1.82) is 0 Å². The highest BCUT2D eigenvalue weighted by Gasteiger charge is 2.26. The molecule has 1 aromatic rings. The Kier molecular flexibility index (Phi) is 6.09. The molecule has 0 aromatic heterocycles. The van der Waals surface area contributed by atoms with Crippen LogP contribution < -0.4 is 5.32 Å². The highest BCUT2D eigenvalue weighted by atomic mass is 32.2. The van der Waals surface area contributed by atoms with Crippen LogP contribution in [-0.2, 0) is 10.0 Å². The molecule has 0 radical (unpaired) electrons. The van der Waals surface area contributed by atoms with Crippen LogP contribution in [0.5, 0.6) is 0 Å². The molecule has 1 heterocycles. The van der Waals surface area contributed by atoms with Gasteiger partial charge in [0.1, 0.15) is 5.82 Å². The first-order chi connectivity index (χ1) is 10.9. The van der Waals surface area contributed by atoms with Crippen LogP contribution in [0.3, 0.4) is 0 Å². The van der Waals surface area contributed by atoms with E-state index in [1.165, 1.54) is 22.5 Å². The van der Waals surface area contributed by atoms with Crippen LogP contribution in [-0.4, -0.2) is 68.6 Å². The summed E-state index contributed by atoms with van der Waals surface area (Å²) in [6, 6.07) is 5.61. The van der Waals surface area contributed by atoms with Gasteiger partial charge in [-0.25, -0.2) is 12.8 Å². The van der Waals surface area contributed by atoms with Gasteiger partial charge in [0.15, 0.2) is 0 Å². The lowest BCUT2D eigenvalue weighted by Gasteiger charge is -2.33. The summed E-state index contributed by atoms with van der Waals surface area (Å²) in [4.78, 5) is 14.0. The van der Waals surface area contributed by atoms with Gasteiger partial charge in [-0.15, -0.1) is 0 Å². The van der Waals surface area contributed by atoms with Crippen LogP contribution in [0.15, 0.2) is 24.3 Å². The first-order valence-corrected chi connectivity index (χ1v) is 9.28. The minimum atomic E-state index is -3.40. The minimum Gasteiger partial charge on any atom is -0.351 e. The number of piperazine rings is 1. The van der Waals surface area contributed by atoms with Crippen molar-refractivity contribution >= 4 is 15.9 Å². The first-order valence-electron chi connectivity index (χ1n) is 7.67. The Labute approximate surface area is 136 Å². The summed E-state index contributed by atoms with van der Waals surface area (Å²) in [6.45, 7) is 5.29. The van der Waals surface area contributed by atoms with E-state index in [0.29, 0.717) is 13.1 Å². The Hall–Kier alpha value is -1.51. The standard InChI is InChI=1S/C15H22FN3O3S/c1-2-18-8-10-19(11-9-18)23(21,22)12-7-17-15(20)13-5-3-4-6-14(13)16/h3-6H,2,7-12H2,1H3,(H,17,20). The second-order valence-electron chi connectivity index (χ2n) is 5.39. The molecule has 6 nitrogen and oxygen atoms in total. The highest BCUT2D eigenvalue weighted by Crippen LogP contribution is 2.08. The molecule has 1 fully saturated rings. The largest absolute Gasteiger partial charge is 0.351 e. The molecular weight excluding hydrogens is 321 g/mol. The van der Waals surface area contributed by atoms with Crippen LogP contribution in [0.25, 0.3) is 0 Å². The summed E-state index contributed by atoms with van der Waals surface area (Å²) in [7, 11) is -3.40. The van der Waals surface area contributed by atoms with Crippen molar-refractivity contribution in [2.45, 2.75) is 6.92 Å². The molecule has 8 heteroatoms. The van der Waals surface area contributed by atoms with Crippen LogP contribution in [0.1, 0.15) is 17.3 Å². The van der Waals surface area contributed by atoms with Gasteiger partial charge in [0, 0.05) is 32.7 Å². The number of hydrogen-bond acceptors (Lipinski definition) is 4. The van der Waals surface area contributed by atoms with Crippen molar-refractivity contribution in [2.75, 3.05) is 45.0 Å². The summed E-state index contributed by atoms with van der Waals surface area (Å²) < 4.78 is 39.4. The second kappa shape index (κ2) is 7.85. The number of halogens is 1. The van der Waals surface area contributed by atoms with Gasteiger partial charge in [-0.1, -0.05) is 19.1 Å². The first kappa shape index (κ1) is 17.8. The normalized spacial score (nSPS) is 17.1. The van der Waals surface area contributed by atoms with E-state index in [-0.39, 0.29) is 17.9 Å². The van der Waals surface area contributed by atoms with Gasteiger partial charge < -0.3 is 10.2 Å². The summed E-state index contributed by atoms with van der Waals surface area (Å²) >= 11 is 0. The third-order valence-corrected chi connectivity index (χ3v) is 5.81. The molecular formula is C15H22FN3O3S. The third-order valence-electron chi connectivity index (χ3n) is 3.94. The van der Waals surface area contributed by atoms with E-state index in [2.05, 4.69) is 10.2 Å². The van der Waals surface area contributed by atoms with Gasteiger partial charge in [-0.2, -0.15) is 4.31 Å². The molecule has 23 heavy (non-hydrogen) atoms. The smallest absolute Gasteiger partial charge is 0.254 e. The molecule has 1 aromatic carbocycles. The Balaban J connectivity index is 1.83. The molecule has 0 saturated carbocycles. The number of rotatable bonds is 6. The van der Waals surface area contributed by atoms with Crippen LogP contribution in [0.2, 0.25) is 0 Å². The maximum absolute atomic E-state index is 13.5. The molecule has 1 amide bonds. The van der Waals surface area contributed by atoms with Gasteiger partial charge >= 0.3 is 0 Å². The molecule has 0 bridgehead atoms. The van der Waals surface area contributed by atoms with E-state index in [4.69, 9.17) is 0 Å². The van der Waals surface area contributed by atoms with Crippen molar-refractivity contribution in [3.63, 3.8) is 0 Å². The molecule has 128 valence electrons. The van der Waals surface area contributed by atoms with E-state index in [1.807, 2.05) is 6.92 Å². The average molecular weight is 343 g/mol. The summed E-state index contributed by atoms with van der Waals surface area (Å²) in [5.74, 6) is -1.41. The molecule has 1 aliphatic heterocycles. The molecule has 1 saturated heterocycles. The monoisotopic (exact) mass is 343 g/mol. The van der Waals surface area contributed by atoms with Crippen molar-refractivity contribution in [3.8, 4) is 0 Å². The van der Waals surface area contributed by atoms with E-state index in [0.717, 1.165) is 19.6 Å². The summed E-state index contributed by atoms with van der Waals surface area (Å²) in [5, 5.41) is 2.46. The topological polar surface area (TPSA) is 69.7 Å². The minimum absolute atomic E-state index is 0.0382. The second-order valence-corrected chi connectivity index (χ2v) is 7.47. The molecule has 1 aliphatic rings. The lowest BCUT2D eigenvalue weighted by atomic mass is 10.2. The van der Waals surface area contributed by atoms with Crippen molar-refractivity contribution in [1.82, 2.24) is 14.5 Å². The fraction of sp³-hybridized carbons (Fsp3) is 0.533. The summed E-state index contributed by atoms with van der Waals surface area (Å²) in [5.41, 5.74) is -0.0820. The number of carbonyl (C=O) groups is 1. The number of carbonyl (C=O) groups excluding carboxylic acids is 1. The highest BCUT2D eigenvalue weighted by molar-refractivity contribution is 7.89. The zero-order valence-electron chi connectivity index (χ0n) is 13.2. The Morgan fingerprint density at radius 1 is 1.22 bits per heavy atom. The lowest BCUT2D eigenvalue weighted by Crippen LogP contribution is -2.49. The lowest BCUT2D eigenvalue weighted by molar-refractivity contribution is 0.0952. The maximum atomic E-state index is 13.5. The third kappa shape index (κ3) is 4.73. The van der Waals surface area contributed by atoms with Gasteiger partial charge in [0.2, 0.25) is 10.0 Å². The number of nitrogens with zero attached hydrogens (tertiary/aromatic N) is 2. The SMILES string of the molecule is CCN1CCN(S(=O)(=O)CCNC(=O)c2ccccc2F)CC1. The van der Waals surface area contributed by atoms with E-state index >= 15 is 0 Å². The predicted octanol–water partition coefficient (Wildman–Crippen LogP) is 0.523. The van der Waals surface area contributed by atoms with E-state index in [1.54, 1.807) is 6.07 Å². The quantitative estimate of drug-likeness (QED) is 0.818. The zero-order valence-corrected chi connectivity index (χ0v) is 14.0. The molecule has 0 atom stereocenters. The number of benzene rings is 1. The molecule has 2 rings (SSSR count). The fourth-order valence-corrected chi connectivity index (χ4v) is 3.82. The van der Waals surface area contributed by atoms with Gasteiger partial charge in [-0.3, -0.25) is 4.79 Å². The maximum Gasteiger partial charge on any atom is 0.254 e. The van der Waals surface area contributed by atoms with Crippen LogP contribution in [0, 0.1) is 5.82 Å². The van der Waals surface area contributed by atoms with E-state index in [9.17, 15) is 17.6 Å². The van der Waals surface area contributed by atoms with E-state index < -0.39 is 21.7 Å². The number of sulfonamides is 1. The Morgan fingerprint density at radius 2 is 1.87 bits per heavy atom. The number of amides is 1. The van der Waals surface area contributed by atoms with Gasteiger partial charge in [0.25, 0.3) is 5.91 Å². The fourth-order valence-electron chi connectivity index (χ4n) is 2.49.